The molecule has 0 amide bonds. The molecular weight excluding hydrogens is 734 g/mol. The van der Waals surface area contributed by atoms with Crippen LogP contribution in [0.3, 0.4) is 0 Å². The van der Waals surface area contributed by atoms with Crippen molar-refractivity contribution >= 4 is 13.8 Å². The number of esters is 1. The van der Waals surface area contributed by atoms with Crippen molar-refractivity contribution in [2.24, 2.45) is 0 Å². The number of hydrogen-bond acceptors (Lipinski definition) is 6. The molecule has 0 aliphatic heterocycles. The summed E-state index contributed by atoms with van der Waals surface area (Å²) >= 11 is 0. The first-order valence-electron chi connectivity index (χ1n) is 24.1. The van der Waals surface area contributed by atoms with Crippen LogP contribution < -0.4 is 0 Å². The molecule has 8 nitrogen and oxygen atoms in total. The number of rotatable bonds is 45. The van der Waals surface area contributed by atoms with Gasteiger partial charge in [0.25, 0.3) is 0 Å². The lowest BCUT2D eigenvalue weighted by atomic mass is 10.0. The smallest absolute Gasteiger partial charge is 0.472 e. The second kappa shape index (κ2) is 41.5. The fourth-order valence-electron chi connectivity index (χ4n) is 6.81. The molecule has 1 N–H and O–H groups in total. The number of carbonyl (C=O) groups excluding carboxylic acids is 1. The SMILES string of the molecule is CCCCCCCC/C=C\CCCCCCCCCCCC(=O)O[C@H](CO/C=C\CCCCCCCCCCCCCCCC)COP(=O)(O)OCC[N+](C)(C)C. The van der Waals surface area contributed by atoms with E-state index < -0.39 is 13.9 Å². The molecular formula is C48H95NO7P+. The summed E-state index contributed by atoms with van der Waals surface area (Å²) in [5.74, 6) is -0.335. The van der Waals surface area contributed by atoms with Crippen molar-refractivity contribution in [3.05, 3.63) is 24.5 Å². The van der Waals surface area contributed by atoms with Crippen LogP contribution in [-0.4, -0.2) is 69.0 Å². The van der Waals surface area contributed by atoms with Crippen molar-refractivity contribution in [3.63, 3.8) is 0 Å². The van der Waals surface area contributed by atoms with E-state index in [-0.39, 0.29) is 25.8 Å². The van der Waals surface area contributed by atoms with E-state index in [2.05, 4.69) is 26.0 Å². The number of carbonyl (C=O) groups is 1. The van der Waals surface area contributed by atoms with Crippen LogP contribution in [0.2, 0.25) is 0 Å². The van der Waals surface area contributed by atoms with Gasteiger partial charge in [0.2, 0.25) is 0 Å². The van der Waals surface area contributed by atoms with Crippen molar-refractivity contribution in [3.8, 4) is 0 Å². The molecule has 0 aromatic rings. The fraction of sp³-hybridized carbons (Fsp3) is 0.896. The zero-order valence-corrected chi connectivity index (χ0v) is 39.2. The summed E-state index contributed by atoms with van der Waals surface area (Å²) in [5, 5.41) is 0. The van der Waals surface area contributed by atoms with Gasteiger partial charge in [0.15, 0.2) is 6.10 Å². The van der Waals surface area contributed by atoms with Crippen LogP contribution in [-0.2, 0) is 27.9 Å². The van der Waals surface area contributed by atoms with Crippen molar-refractivity contribution in [2.45, 2.75) is 232 Å². The summed E-state index contributed by atoms with van der Waals surface area (Å²) < 4.78 is 34.8. The van der Waals surface area contributed by atoms with E-state index in [4.69, 9.17) is 18.5 Å². The molecule has 0 rings (SSSR count). The highest BCUT2D eigenvalue weighted by atomic mass is 31.2. The lowest BCUT2D eigenvalue weighted by Gasteiger charge is -2.24. The average Bonchev–Trinajstić information content (AvgIpc) is 3.16. The maximum absolute atomic E-state index is 12.7. The van der Waals surface area contributed by atoms with Gasteiger partial charge in [-0.2, -0.15) is 0 Å². The standard InChI is InChI=1S/C48H94NO7P/c1-6-8-10-12-14-16-18-20-22-24-25-26-27-29-31-33-35-37-39-41-48(50)56-47(46-55-57(51,52)54-44-42-49(3,4)5)45-53-43-40-38-36-34-32-30-28-23-21-19-17-15-13-11-9-7-2/h20,22,40,43,47H,6-19,21,23-39,41-42,44-46H2,1-5H3/p+1/b22-20-,43-40-/t47-/m1/s1. The van der Waals surface area contributed by atoms with Crippen LogP contribution in [0, 0.1) is 0 Å². The summed E-state index contributed by atoms with van der Waals surface area (Å²) in [7, 11) is 1.64. The average molecular weight is 829 g/mol. The molecule has 9 heteroatoms. The quantitative estimate of drug-likeness (QED) is 0.0163. The molecule has 0 spiro atoms. The third-order valence-electron chi connectivity index (χ3n) is 10.6. The van der Waals surface area contributed by atoms with E-state index in [9.17, 15) is 14.3 Å². The van der Waals surface area contributed by atoms with Gasteiger partial charge in [-0.15, -0.1) is 0 Å². The zero-order chi connectivity index (χ0) is 42.0. The first-order chi connectivity index (χ1) is 27.6. The molecule has 0 radical (unpaired) electrons. The Bertz CT molecular complexity index is 967. The Labute approximate surface area is 353 Å². The normalized spacial score (nSPS) is 13.8. The van der Waals surface area contributed by atoms with E-state index in [0.29, 0.717) is 17.4 Å². The number of nitrogens with zero attached hydrogens (tertiary/aromatic N) is 1. The number of quaternary nitrogens is 1. The van der Waals surface area contributed by atoms with Crippen LogP contribution in [0.25, 0.3) is 0 Å². The fourth-order valence-corrected chi connectivity index (χ4v) is 7.55. The topological polar surface area (TPSA) is 91.3 Å². The minimum atomic E-state index is -4.29. The van der Waals surface area contributed by atoms with Gasteiger partial charge in [-0.05, 0) is 51.0 Å². The Kier molecular flexibility index (Phi) is 40.7. The minimum absolute atomic E-state index is 0.0509. The van der Waals surface area contributed by atoms with Crippen LogP contribution in [0.1, 0.15) is 226 Å². The second-order valence-electron chi connectivity index (χ2n) is 17.6. The number of likely N-dealkylation sites (N-methyl/N-ethyl adjacent to an activating group) is 1. The Balaban J connectivity index is 4.21. The molecule has 0 bridgehead atoms. The summed E-state index contributed by atoms with van der Waals surface area (Å²) in [6, 6.07) is 0. The van der Waals surface area contributed by atoms with Gasteiger partial charge < -0.3 is 18.9 Å². The predicted molar refractivity (Wildman–Crippen MR) is 242 cm³/mol. The van der Waals surface area contributed by atoms with E-state index in [1.54, 1.807) is 6.26 Å². The van der Waals surface area contributed by atoms with E-state index >= 15 is 0 Å². The highest BCUT2D eigenvalue weighted by molar-refractivity contribution is 7.47. The maximum Gasteiger partial charge on any atom is 0.472 e. The number of ether oxygens (including phenoxy) is 2. The monoisotopic (exact) mass is 829 g/mol. The Hall–Kier alpha value is -1.18. The second-order valence-corrected chi connectivity index (χ2v) is 19.0. The molecule has 0 aliphatic rings. The first-order valence-corrected chi connectivity index (χ1v) is 25.6. The highest BCUT2D eigenvalue weighted by Gasteiger charge is 2.26. The maximum atomic E-state index is 12.7. The van der Waals surface area contributed by atoms with Gasteiger partial charge in [0.05, 0.1) is 34.0 Å². The summed E-state index contributed by atoms with van der Waals surface area (Å²) in [6.07, 6.45) is 48.8. The molecule has 0 saturated carbocycles. The third-order valence-corrected chi connectivity index (χ3v) is 11.6. The zero-order valence-electron chi connectivity index (χ0n) is 38.3. The lowest BCUT2D eigenvalue weighted by molar-refractivity contribution is -0.870. The van der Waals surface area contributed by atoms with Crippen molar-refractivity contribution < 1.29 is 37.3 Å². The van der Waals surface area contributed by atoms with E-state index in [1.807, 2.05) is 27.2 Å². The van der Waals surface area contributed by atoms with Crippen LogP contribution in [0.4, 0.5) is 0 Å². The molecule has 57 heavy (non-hydrogen) atoms. The first kappa shape index (κ1) is 55.8. The molecule has 0 fully saturated rings. The van der Waals surface area contributed by atoms with Gasteiger partial charge in [0.1, 0.15) is 19.8 Å². The van der Waals surface area contributed by atoms with Crippen LogP contribution in [0.5, 0.6) is 0 Å². The minimum Gasteiger partial charge on any atom is -0.498 e. The molecule has 0 saturated heterocycles. The molecule has 0 aliphatic carbocycles. The van der Waals surface area contributed by atoms with Crippen molar-refractivity contribution in [1.29, 1.82) is 0 Å². The molecule has 0 aromatic heterocycles. The van der Waals surface area contributed by atoms with Gasteiger partial charge >= 0.3 is 13.8 Å². The number of phosphoric ester groups is 1. The molecule has 1 unspecified atom stereocenters. The predicted octanol–water partition coefficient (Wildman–Crippen LogP) is 14.7. The third kappa shape index (κ3) is 45.7. The van der Waals surface area contributed by atoms with Gasteiger partial charge in [-0.1, -0.05) is 187 Å². The number of hydrogen-bond donors (Lipinski definition) is 1. The van der Waals surface area contributed by atoms with Crippen LogP contribution >= 0.6 is 7.82 Å². The molecule has 2 atom stereocenters. The Morgan fingerprint density at radius 2 is 0.930 bits per heavy atom. The molecule has 0 aromatic carbocycles. The van der Waals surface area contributed by atoms with Gasteiger partial charge in [0, 0.05) is 6.42 Å². The van der Waals surface area contributed by atoms with E-state index in [0.717, 1.165) is 32.1 Å². The van der Waals surface area contributed by atoms with Crippen molar-refractivity contribution in [2.75, 3.05) is 47.5 Å². The number of allylic oxidation sites excluding steroid dienone is 3. The lowest BCUT2D eigenvalue weighted by Crippen LogP contribution is -2.37. The van der Waals surface area contributed by atoms with E-state index in [1.165, 1.54) is 173 Å². The van der Waals surface area contributed by atoms with Crippen LogP contribution in [0.15, 0.2) is 24.5 Å². The number of phosphoric acid groups is 1. The molecule has 0 heterocycles. The Morgan fingerprint density at radius 3 is 1.35 bits per heavy atom. The summed E-state index contributed by atoms with van der Waals surface area (Å²) in [4.78, 5) is 22.9. The number of unbranched alkanes of at least 4 members (excludes halogenated alkanes) is 29. The summed E-state index contributed by atoms with van der Waals surface area (Å²) in [6.45, 7) is 4.96. The highest BCUT2D eigenvalue weighted by Crippen LogP contribution is 2.43. The summed E-state index contributed by atoms with van der Waals surface area (Å²) in [5.41, 5.74) is 0. The largest absolute Gasteiger partial charge is 0.498 e. The van der Waals surface area contributed by atoms with Crippen molar-refractivity contribution in [1.82, 2.24) is 0 Å². The Morgan fingerprint density at radius 1 is 0.544 bits per heavy atom. The van der Waals surface area contributed by atoms with Gasteiger partial charge in [-0.25, -0.2) is 4.57 Å². The molecule has 338 valence electrons. The van der Waals surface area contributed by atoms with Gasteiger partial charge in [-0.3, -0.25) is 13.8 Å².